The third-order valence-electron chi connectivity index (χ3n) is 4.66. The summed E-state index contributed by atoms with van der Waals surface area (Å²) in [5.74, 6) is -0.0453. The Morgan fingerprint density at radius 1 is 1.38 bits per heavy atom. The molecule has 0 radical (unpaired) electrons. The van der Waals surface area contributed by atoms with Crippen LogP contribution in [0.4, 0.5) is 5.69 Å². The van der Waals surface area contributed by atoms with Crippen LogP contribution < -0.4 is 9.62 Å². The average molecular weight is 353 g/mol. The van der Waals surface area contributed by atoms with Gasteiger partial charge in [0.05, 0.1) is 11.5 Å². The van der Waals surface area contributed by atoms with Crippen molar-refractivity contribution in [2.45, 2.75) is 24.3 Å². The average Bonchev–Trinajstić information content (AvgIpc) is 3.04. The molecule has 8 heteroatoms. The Balaban J connectivity index is 1.81. The summed E-state index contributed by atoms with van der Waals surface area (Å²) in [6, 6.07) is 4.90. The number of rotatable bonds is 4. The summed E-state index contributed by atoms with van der Waals surface area (Å²) in [7, 11) is -2.09. The maximum atomic E-state index is 12.8. The minimum Gasteiger partial charge on any atom is -0.366 e. The molecular formula is C16H23N3O4S. The number of sulfonamides is 1. The van der Waals surface area contributed by atoms with E-state index in [0.29, 0.717) is 26.1 Å². The van der Waals surface area contributed by atoms with Crippen molar-refractivity contribution in [1.82, 2.24) is 9.62 Å². The molecule has 1 fully saturated rings. The molecule has 3 rings (SSSR count). The normalized spacial score (nSPS) is 21.8. The number of carbonyl (C=O) groups is 1. The van der Waals surface area contributed by atoms with Gasteiger partial charge in [0, 0.05) is 25.3 Å². The van der Waals surface area contributed by atoms with Crippen LogP contribution in [0.2, 0.25) is 0 Å². The first-order valence-electron chi connectivity index (χ1n) is 8.18. The van der Waals surface area contributed by atoms with E-state index >= 15 is 0 Å². The Kier molecular flexibility index (Phi) is 4.91. The molecule has 0 saturated carbocycles. The van der Waals surface area contributed by atoms with Crippen LogP contribution in [-0.4, -0.2) is 65.2 Å². The van der Waals surface area contributed by atoms with Gasteiger partial charge in [-0.25, -0.2) is 13.1 Å². The second-order valence-corrected chi connectivity index (χ2v) is 7.88. The molecule has 0 bridgehead atoms. The lowest BCUT2D eigenvalue weighted by Gasteiger charge is -2.33. The highest BCUT2D eigenvalue weighted by molar-refractivity contribution is 7.89. The van der Waals surface area contributed by atoms with E-state index in [2.05, 4.69) is 16.5 Å². The quantitative estimate of drug-likeness (QED) is 0.837. The Labute approximate surface area is 142 Å². The van der Waals surface area contributed by atoms with Crippen LogP contribution in [0, 0.1) is 0 Å². The summed E-state index contributed by atoms with van der Waals surface area (Å²) in [5, 5.41) is 0. The Morgan fingerprint density at radius 2 is 2.17 bits per heavy atom. The molecule has 1 N–H and O–H groups in total. The number of benzene rings is 1. The van der Waals surface area contributed by atoms with E-state index in [9.17, 15) is 13.2 Å². The van der Waals surface area contributed by atoms with Crippen LogP contribution in [0.25, 0.3) is 0 Å². The van der Waals surface area contributed by atoms with Crippen LogP contribution in [0.5, 0.6) is 0 Å². The van der Waals surface area contributed by atoms with E-state index in [-0.39, 0.29) is 10.8 Å². The summed E-state index contributed by atoms with van der Waals surface area (Å²) >= 11 is 0. The molecule has 2 heterocycles. The molecular weight excluding hydrogens is 330 g/mol. The van der Waals surface area contributed by atoms with Gasteiger partial charge in [0.1, 0.15) is 6.10 Å². The zero-order valence-electron chi connectivity index (χ0n) is 14.0. The van der Waals surface area contributed by atoms with Crippen molar-refractivity contribution in [1.29, 1.82) is 0 Å². The predicted molar refractivity (Wildman–Crippen MR) is 90.6 cm³/mol. The lowest BCUT2D eigenvalue weighted by atomic mass is 10.1. The molecule has 2 aliphatic heterocycles. The van der Waals surface area contributed by atoms with Crippen molar-refractivity contribution in [2.75, 3.05) is 44.7 Å². The van der Waals surface area contributed by atoms with Gasteiger partial charge in [-0.1, -0.05) is 6.92 Å². The highest BCUT2D eigenvalue weighted by Crippen LogP contribution is 2.31. The second-order valence-electron chi connectivity index (χ2n) is 5.99. The Bertz CT molecular complexity index is 735. The third kappa shape index (κ3) is 3.19. The zero-order valence-corrected chi connectivity index (χ0v) is 14.8. The molecule has 7 nitrogen and oxygen atoms in total. The number of hydrogen-bond acceptors (Lipinski definition) is 5. The molecule has 1 unspecified atom stereocenters. The minimum absolute atomic E-state index is 0.0453. The van der Waals surface area contributed by atoms with Gasteiger partial charge in [-0.3, -0.25) is 9.69 Å². The van der Waals surface area contributed by atoms with E-state index in [4.69, 9.17) is 4.74 Å². The van der Waals surface area contributed by atoms with Gasteiger partial charge in [-0.2, -0.15) is 0 Å². The van der Waals surface area contributed by atoms with Crippen LogP contribution in [0.3, 0.4) is 0 Å². The fraction of sp³-hybridized carbons (Fsp3) is 0.562. The number of morpholine rings is 1. The number of nitrogens with one attached hydrogen (secondary N) is 1. The summed E-state index contributed by atoms with van der Waals surface area (Å²) in [6.07, 6.45) is 0.198. The molecule has 132 valence electrons. The Morgan fingerprint density at radius 3 is 2.88 bits per heavy atom. The third-order valence-corrected chi connectivity index (χ3v) is 6.08. The molecule has 0 aromatic heterocycles. The first kappa shape index (κ1) is 17.3. The van der Waals surface area contributed by atoms with Gasteiger partial charge in [-0.05, 0) is 43.8 Å². The molecule has 2 aliphatic rings. The number of ether oxygens (including phenoxy) is 1. The SMILES string of the molecule is CCN1CCOC(C(=O)N2CCc3cc(S(=O)(=O)NC)ccc32)C1. The van der Waals surface area contributed by atoms with Crippen molar-refractivity contribution < 1.29 is 17.9 Å². The van der Waals surface area contributed by atoms with Crippen molar-refractivity contribution in [3.8, 4) is 0 Å². The topological polar surface area (TPSA) is 79.0 Å². The van der Waals surface area contributed by atoms with Gasteiger partial charge < -0.3 is 9.64 Å². The molecule has 1 saturated heterocycles. The lowest BCUT2D eigenvalue weighted by molar-refractivity contribution is -0.135. The largest absolute Gasteiger partial charge is 0.366 e. The first-order valence-corrected chi connectivity index (χ1v) is 9.66. The van der Waals surface area contributed by atoms with Crippen LogP contribution >= 0.6 is 0 Å². The van der Waals surface area contributed by atoms with Crippen molar-refractivity contribution in [2.24, 2.45) is 0 Å². The van der Waals surface area contributed by atoms with E-state index in [1.54, 1.807) is 17.0 Å². The first-order chi connectivity index (χ1) is 11.5. The predicted octanol–water partition coefficient (Wildman–Crippen LogP) is 0.205. The maximum Gasteiger partial charge on any atom is 0.257 e. The van der Waals surface area contributed by atoms with Crippen LogP contribution in [-0.2, 0) is 26.0 Å². The van der Waals surface area contributed by atoms with Crippen molar-refractivity contribution in [3.63, 3.8) is 0 Å². The molecule has 0 spiro atoms. The molecule has 1 atom stereocenters. The smallest absolute Gasteiger partial charge is 0.257 e. The fourth-order valence-electron chi connectivity index (χ4n) is 3.21. The monoisotopic (exact) mass is 353 g/mol. The lowest BCUT2D eigenvalue weighted by Crippen LogP contribution is -2.50. The van der Waals surface area contributed by atoms with Crippen molar-refractivity contribution >= 4 is 21.6 Å². The van der Waals surface area contributed by atoms with Gasteiger partial charge in [-0.15, -0.1) is 0 Å². The van der Waals surface area contributed by atoms with Crippen molar-refractivity contribution in [3.05, 3.63) is 23.8 Å². The molecule has 1 amide bonds. The van der Waals surface area contributed by atoms with E-state index < -0.39 is 16.1 Å². The maximum absolute atomic E-state index is 12.8. The van der Waals surface area contributed by atoms with E-state index in [0.717, 1.165) is 24.3 Å². The number of carbonyl (C=O) groups excluding carboxylic acids is 1. The van der Waals surface area contributed by atoms with Gasteiger partial charge in [0.25, 0.3) is 5.91 Å². The zero-order chi connectivity index (χ0) is 17.3. The van der Waals surface area contributed by atoms with Crippen LogP contribution in [0.15, 0.2) is 23.1 Å². The molecule has 24 heavy (non-hydrogen) atoms. The number of hydrogen-bond donors (Lipinski definition) is 1. The van der Waals surface area contributed by atoms with Gasteiger partial charge >= 0.3 is 0 Å². The minimum atomic E-state index is -3.47. The van der Waals surface area contributed by atoms with E-state index in [1.165, 1.54) is 13.1 Å². The summed E-state index contributed by atoms with van der Waals surface area (Å²) in [5.41, 5.74) is 1.66. The summed E-state index contributed by atoms with van der Waals surface area (Å²) in [4.78, 5) is 16.9. The number of amides is 1. The standard InChI is InChI=1S/C16H23N3O4S/c1-3-18-8-9-23-15(11-18)16(20)19-7-6-12-10-13(4-5-14(12)19)24(21,22)17-2/h4-5,10,15,17H,3,6-9,11H2,1-2H3. The number of fused-ring (bicyclic) bond motifs is 1. The highest BCUT2D eigenvalue weighted by atomic mass is 32.2. The fourth-order valence-corrected chi connectivity index (χ4v) is 3.99. The molecule has 1 aromatic rings. The number of anilines is 1. The van der Waals surface area contributed by atoms with E-state index in [1.807, 2.05) is 0 Å². The molecule has 1 aromatic carbocycles. The molecule has 0 aliphatic carbocycles. The summed E-state index contributed by atoms with van der Waals surface area (Å²) < 4.78 is 31.8. The number of likely N-dealkylation sites (N-methyl/N-ethyl adjacent to an activating group) is 1. The van der Waals surface area contributed by atoms with Crippen LogP contribution in [0.1, 0.15) is 12.5 Å². The highest BCUT2D eigenvalue weighted by Gasteiger charge is 2.34. The van der Waals surface area contributed by atoms with Gasteiger partial charge in [0.15, 0.2) is 0 Å². The summed E-state index contributed by atoms with van der Waals surface area (Å²) in [6.45, 7) is 5.54. The second kappa shape index (κ2) is 6.79. The Hall–Kier alpha value is -1.48. The number of nitrogens with zero attached hydrogens (tertiary/aromatic N) is 2. The van der Waals surface area contributed by atoms with Gasteiger partial charge in [0.2, 0.25) is 10.0 Å².